The van der Waals surface area contributed by atoms with Gasteiger partial charge in [-0.15, -0.1) is 0 Å². The van der Waals surface area contributed by atoms with Gasteiger partial charge in [-0.05, 0) is 24.5 Å². The molecule has 1 rings (SSSR count). The third-order valence-corrected chi connectivity index (χ3v) is 1.98. The van der Waals surface area contributed by atoms with Crippen LogP contribution in [-0.4, -0.2) is 26.2 Å². The summed E-state index contributed by atoms with van der Waals surface area (Å²) >= 11 is 0. The number of hydrogen-bond acceptors (Lipinski definition) is 3. The highest BCUT2D eigenvalue weighted by Gasteiger charge is 2.12. The smallest absolute Gasteiger partial charge is 0.330 e. The molecule has 0 amide bonds. The predicted octanol–water partition coefficient (Wildman–Crippen LogP) is 0.715. The Morgan fingerprint density at radius 2 is 2.50 bits per heavy atom. The van der Waals surface area contributed by atoms with Gasteiger partial charge in [0.1, 0.15) is 0 Å². The van der Waals surface area contributed by atoms with E-state index in [2.05, 4.69) is 17.0 Å². The molecule has 1 atom stereocenters. The molecule has 1 saturated heterocycles. The number of hydrogen-bond donors (Lipinski definition) is 1. The van der Waals surface area contributed by atoms with Gasteiger partial charge in [0.25, 0.3) is 0 Å². The van der Waals surface area contributed by atoms with Crippen LogP contribution < -0.4 is 5.32 Å². The second-order valence-corrected chi connectivity index (χ2v) is 3.27. The third kappa shape index (κ3) is 2.66. The molecule has 0 saturated carbocycles. The summed E-state index contributed by atoms with van der Waals surface area (Å²) in [6.45, 7) is 4.02. The van der Waals surface area contributed by atoms with Gasteiger partial charge in [-0.2, -0.15) is 0 Å². The monoisotopic (exact) mass is 169 g/mol. The van der Waals surface area contributed by atoms with E-state index in [1.807, 2.05) is 0 Å². The van der Waals surface area contributed by atoms with Crippen molar-refractivity contribution in [3.05, 3.63) is 11.6 Å². The fourth-order valence-corrected chi connectivity index (χ4v) is 1.41. The number of carbonyl (C=O) groups is 1. The molecule has 68 valence electrons. The normalized spacial score (nSPS) is 27.2. The summed E-state index contributed by atoms with van der Waals surface area (Å²) in [5, 5.41) is 3.24. The van der Waals surface area contributed by atoms with Crippen molar-refractivity contribution < 1.29 is 9.53 Å². The van der Waals surface area contributed by atoms with Crippen LogP contribution in [0.15, 0.2) is 11.6 Å². The standard InChI is InChI=1S/C9H15NO2/c1-7-3-8(6-10-5-7)4-9(11)12-2/h4,7,10H,3,5-6H2,1-2H3/b8-4+. The van der Waals surface area contributed by atoms with E-state index < -0.39 is 0 Å². The van der Waals surface area contributed by atoms with Crippen molar-refractivity contribution in [2.45, 2.75) is 13.3 Å². The first-order valence-corrected chi connectivity index (χ1v) is 4.20. The first kappa shape index (κ1) is 9.26. The number of piperidine rings is 1. The van der Waals surface area contributed by atoms with Gasteiger partial charge in [0.2, 0.25) is 0 Å². The minimum absolute atomic E-state index is 0.249. The number of esters is 1. The van der Waals surface area contributed by atoms with Gasteiger partial charge in [-0.25, -0.2) is 4.79 Å². The Morgan fingerprint density at radius 3 is 3.08 bits per heavy atom. The maximum absolute atomic E-state index is 10.9. The summed E-state index contributed by atoms with van der Waals surface area (Å²) in [6, 6.07) is 0. The van der Waals surface area contributed by atoms with Crippen LogP contribution in [0.1, 0.15) is 13.3 Å². The maximum atomic E-state index is 10.9. The first-order valence-electron chi connectivity index (χ1n) is 4.20. The van der Waals surface area contributed by atoms with E-state index in [9.17, 15) is 4.79 Å². The van der Waals surface area contributed by atoms with E-state index in [0.29, 0.717) is 5.92 Å². The van der Waals surface area contributed by atoms with Crippen LogP contribution in [0, 0.1) is 5.92 Å². The summed E-state index contributed by atoms with van der Waals surface area (Å²) in [5.74, 6) is 0.371. The Morgan fingerprint density at radius 1 is 1.75 bits per heavy atom. The lowest BCUT2D eigenvalue weighted by Gasteiger charge is -2.21. The van der Waals surface area contributed by atoms with Crippen LogP contribution in [0.25, 0.3) is 0 Å². The molecular weight excluding hydrogens is 154 g/mol. The molecule has 1 N–H and O–H groups in total. The molecule has 1 unspecified atom stereocenters. The summed E-state index contributed by atoms with van der Waals surface area (Å²) in [6.07, 6.45) is 2.59. The molecule has 1 aliphatic heterocycles. The van der Waals surface area contributed by atoms with Crippen molar-refractivity contribution >= 4 is 5.97 Å². The van der Waals surface area contributed by atoms with Gasteiger partial charge < -0.3 is 10.1 Å². The van der Waals surface area contributed by atoms with Crippen molar-refractivity contribution in [3.8, 4) is 0 Å². The molecule has 1 aliphatic rings. The van der Waals surface area contributed by atoms with E-state index in [4.69, 9.17) is 0 Å². The molecule has 1 heterocycles. The summed E-state index contributed by atoms with van der Waals surface area (Å²) in [5.41, 5.74) is 1.14. The third-order valence-electron chi connectivity index (χ3n) is 1.98. The molecule has 0 spiro atoms. The highest BCUT2D eigenvalue weighted by molar-refractivity contribution is 5.82. The molecule has 3 nitrogen and oxygen atoms in total. The van der Waals surface area contributed by atoms with E-state index in [-0.39, 0.29) is 5.97 Å². The van der Waals surface area contributed by atoms with Crippen molar-refractivity contribution in [3.63, 3.8) is 0 Å². The molecule has 0 bridgehead atoms. The number of ether oxygens (including phenoxy) is 1. The van der Waals surface area contributed by atoms with Crippen molar-refractivity contribution in [2.24, 2.45) is 5.92 Å². The molecule has 0 radical (unpaired) electrons. The zero-order chi connectivity index (χ0) is 8.97. The molecule has 1 fully saturated rings. The molecular formula is C9H15NO2. The molecule has 0 aromatic heterocycles. The maximum Gasteiger partial charge on any atom is 0.330 e. The number of rotatable bonds is 1. The summed E-state index contributed by atoms with van der Waals surface area (Å²) < 4.78 is 4.55. The second-order valence-electron chi connectivity index (χ2n) is 3.27. The summed E-state index contributed by atoms with van der Waals surface area (Å²) in [4.78, 5) is 10.9. The molecule has 0 aliphatic carbocycles. The highest BCUT2D eigenvalue weighted by Crippen LogP contribution is 2.14. The topological polar surface area (TPSA) is 38.3 Å². The van der Waals surface area contributed by atoms with Crippen LogP contribution in [0.4, 0.5) is 0 Å². The zero-order valence-electron chi connectivity index (χ0n) is 7.59. The quantitative estimate of drug-likeness (QED) is 0.464. The Hall–Kier alpha value is -0.830. The zero-order valence-corrected chi connectivity index (χ0v) is 7.59. The minimum Gasteiger partial charge on any atom is -0.466 e. The number of nitrogens with one attached hydrogen (secondary N) is 1. The fraction of sp³-hybridized carbons (Fsp3) is 0.667. The average Bonchev–Trinajstić information content (AvgIpc) is 2.04. The molecule has 3 heteroatoms. The van der Waals surface area contributed by atoms with E-state index in [1.165, 1.54) is 7.11 Å². The lowest BCUT2D eigenvalue weighted by molar-refractivity contribution is -0.134. The van der Waals surface area contributed by atoms with Gasteiger partial charge in [-0.3, -0.25) is 0 Å². The first-order chi connectivity index (χ1) is 5.72. The van der Waals surface area contributed by atoms with Gasteiger partial charge in [-0.1, -0.05) is 6.92 Å². The number of carbonyl (C=O) groups excluding carboxylic acids is 1. The van der Waals surface area contributed by atoms with Crippen molar-refractivity contribution in [1.29, 1.82) is 0 Å². The minimum atomic E-state index is -0.249. The SMILES string of the molecule is COC(=O)/C=C1/CNCC(C)C1. The van der Waals surface area contributed by atoms with E-state index in [0.717, 1.165) is 25.1 Å². The molecule has 12 heavy (non-hydrogen) atoms. The fourth-order valence-electron chi connectivity index (χ4n) is 1.41. The average molecular weight is 169 g/mol. The lowest BCUT2D eigenvalue weighted by Crippen LogP contribution is -2.30. The van der Waals surface area contributed by atoms with Gasteiger partial charge in [0.05, 0.1) is 7.11 Å². The molecule has 0 aromatic carbocycles. The van der Waals surface area contributed by atoms with E-state index >= 15 is 0 Å². The van der Waals surface area contributed by atoms with Crippen molar-refractivity contribution in [1.82, 2.24) is 5.32 Å². The van der Waals surface area contributed by atoms with Crippen LogP contribution >= 0.6 is 0 Å². The highest BCUT2D eigenvalue weighted by atomic mass is 16.5. The van der Waals surface area contributed by atoms with Crippen LogP contribution in [-0.2, 0) is 9.53 Å². The Balaban J connectivity index is 2.50. The van der Waals surface area contributed by atoms with Crippen LogP contribution in [0.5, 0.6) is 0 Å². The van der Waals surface area contributed by atoms with Crippen LogP contribution in [0.2, 0.25) is 0 Å². The lowest BCUT2D eigenvalue weighted by atomic mass is 9.97. The van der Waals surface area contributed by atoms with Gasteiger partial charge in [0.15, 0.2) is 0 Å². The predicted molar refractivity (Wildman–Crippen MR) is 46.7 cm³/mol. The van der Waals surface area contributed by atoms with Gasteiger partial charge >= 0.3 is 5.97 Å². The Kier molecular flexibility index (Phi) is 3.29. The van der Waals surface area contributed by atoms with Crippen molar-refractivity contribution in [2.75, 3.05) is 20.2 Å². The summed E-state index contributed by atoms with van der Waals surface area (Å²) in [7, 11) is 1.40. The number of methoxy groups -OCH3 is 1. The largest absolute Gasteiger partial charge is 0.466 e. The van der Waals surface area contributed by atoms with Gasteiger partial charge in [0, 0.05) is 12.6 Å². The Bertz CT molecular complexity index is 199. The Labute approximate surface area is 72.8 Å². The van der Waals surface area contributed by atoms with Crippen LogP contribution in [0.3, 0.4) is 0 Å². The van der Waals surface area contributed by atoms with E-state index in [1.54, 1.807) is 6.08 Å². The molecule has 0 aromatic rings. The second kappa shape index (κ2) is 4.26.